The number of hydrogen-bond donors (Lipinski definition) is 1. The number of nitrogens with one attached hydrogen (secondary N) is 1. The zero-order chi connectivity index (χ0) is 14.0. The zero-order valence-corrected chi connectivity index (χ0v) is 10.5. The van der Waals surface area contributed by atoms with Crippen LogP contribution in [0, 0.1) is 23.0 Å². The van der Waals surface area contributed by atoms with E-state index in [4.69, 9.17) is 5.26 Å². The molecule has 0 aliphatic rings. The van der Waals surface area contributed by atoms with Crippen molar-refractivity contribution in [3.63, 3.8) is 0 Å². The Balaban J connectivity index is 2.30. The molecule has 0 aliphatic heterocycles. The Kier molecular flexibility index (Phi) is 3.47. The van der Waals surface area contributed by atoms with Gasteiger partial charge >= 0.3 is 0 Å². The number of rotatable bonds is 3. The molecule has 6 heteroatoms. The first-order chi connectivity index (χ1) is 9.01. The molecule has 0 unspecified atom stereocenters. The van der Waals surface area contributed by atoms with Crippen LogP contribution in [0.3, 0.4) is 0 Å². The first-order valence-electron chi connectivity index (χ1n) is 5.71. The SMILES string of the molecule is CC(C)n1cc(Nc2c(F)cc(C#N)cc2F)cn1. The molecular weight excluding hydrogens is 250 g/mol. The van der Waals surface area contributed by atoms with E-state index in [2.05, 4.69) is 10.4 Å². The summed E-state index contributed by atoms with van der Waals surface area (Å²) >= 11 is 0. The molecule has 0 atom stereocenters. The number of aromatic nitrogens is 2. The Hall–Kier alpha value is -2.42. The quantitative estimate of drug-likeness (QED) is 0.922. The highest BCUT2D eigenvalue weighted by Gasteiger charge is 2.12. The summed E-state index contributed by atoms with van der Waals surface area (Å²) in [5, 5.41) is 15.3. The molecule has 0 amide bonds. The van der Waals surface area contributed by atoms with Gasteiger partial charge in [0.15, 0.2) is 11.6 Å². The predicted octanol–water partition coefficient (Wildman–Crippen LogP) is 3.36. The molecule has 1 aromatic carbocycles. The molecule has 0 aliphatic carbocycles. The van der Waals surface area contributed by atoms with Crippen LogP contribution in [0.1, 0.15) is 25.5 Å². The number of benzene rings is 1. The van der Waals surface area contributed by atoms with Crippen LogP contribution in [0.5, 0.6) is 0 Å². The zero-order valence-electron chi connectivity index (χ0n) is 10.5. The van der Waals surface area contributed by atoms with E-state index in [0.29, 0.717) is 5.69 Å². The van der Waals surface area contributed by atoms with Crippen LogP contribution in [0.4, 0.5) is 20.2 Å². The summed E-state index contributed by atoms with van der Waals surface area (Å²) in [6, 6.07) is 3.82. The Morgan fingerprint density at radius 1 is 1.32 bits per heavy atom. The first kappa shape index (κ1) is 13.0. The molecule has 4 nitrogen and oxygen atoms in total. The molecule has 1 N–H and O–H groups in total. The van der Waals surface area contributed by atoms with Gasteiger partial charge in [-0.1, -0.05) is 0 Å². The Morgan fingerprint density at radius 3 is 2.42 bits per heavy atom. The highest BCUT2D eigenvalue weighted by Crippen LogP contribution is 2.24. The van der Waals surface area contributed by atoms with Crippen LogP contribution >= 0.6 is 0 Å². The predicted molar refractivity (Wildman–Crippen MR) is 67.0 cm³/mol. The molecule has 98 valence electrons. The second-order valence-electron chi connectivity index (χ2n) is 4.35. The molecule has 0 saturated carbocycles. The lowest BCUT2D eigenvalue weighted by Gasteiger charge is -2.07. The van der Waals surface area contributed by atoms with Crippen LogP contribution < -0.4 is 5.32 Å². The van der Waals surface area contributed by atoms with Crippen molar-refractivity contribution in [1.82, 2.24) is 9.78 Å². The molecule has 0 spiro atoms. The van der Waals surface area contributed by atoms with Crippen molar-refractivity contribution in [3.05, 3.63) is 41.7 Å². The van der Waals surface area contributed by atoms with Crippen molar-refractivity contribution in [2.24, 2.45) is 0 Å². The molecule has 0 fully saturated rings. The fourth-order valence-corrected chi connectivity index (χ4v) is 1.59. The van der Waals surface area contributed by atoms with Crippen LogP contribution in [0.25, 0.3) is 0 Å². The summed E-state index contributed by atoms with van der Waals surface area (Å²) in [5.41, 5.74) is 0.136. The Bertz CT molecular complexity index is 617. The normalized spacial score (nSPS) is 10.5. The van der Waals surface area contributed by atoms with Gasteiger partial charge in [0.2, 0.25) is 0 Å². The minimum atomic E-state index is -0.811. The van der Waals surface area contributed by atoms with Gasteiger partial charge in [-0.05, 0) is 26.0 Å². The third kappa shape index (κ3) is 2.71. The summed E-state index contributed by atoms with van der Waals surface area (Å²) < 4.78 is 29.0. The summed E-state index contributed by atoms with van der Waals surface area (Å²) in [4.78, 5) is 0. The maximum absolute atomic E-state index is 13.7. The monoisotopic (exact) mass is 262 g/mol. The smallest absolute Gasteiger partial charge is 0.150 e. The summed E-state index contributed by atoms with van der Waals surface area (Å²) in [6.07, 6.45) is 3.14. The van der Waals surface area contributed by atoms with Crippen LogP contribution in [-0.4, -0.2) is 9.78 Å². The minimum Gasteiger partial charge on any atom is -0.348 e. The van der Waals surface area contributed by atoms with Gasteiger partial charge in [0.25, 0.3) is 0 Å². The minimum absolute atomic E-state index is 0.0570. The molecule has 2 rings (SSSR count). The molecular formula is C13H12F2N4. The van der Waals surface area contributed by atoms with Crippen LogP contribution in [0.2, 0.25) is 0 Å². The Morgan fingerprint density at radius 2 is 1.95 bits per heavy atom. The molecule has 1 heterocycles. The number of anilines is 2. The van der Waals surface area contributed by atoms with E-state index in [-0.39, 0.29) is 17.3 Å². The summed E-state index contributed by atoms with van der Waals surface area (Å²) in [7, 11) is 0. The van der Waals surface area contributed by atoms with Gasteiger partial charge in [0.1, 0.15) is 5.69 Å². The molecule has 0 bridgehead atoms. The van der Waals surface area contributed by atoms with Gasteiger partial charge in [0, 0.05) is 12.2 Å². The maximum Gasteiger partial charge on any atom is 0.150 e. The lowest BCUT2D eigenvalue weighted by atomic mass is 10.2. The van der Waals surface area contributed by atoms with Crippen molar-refractivity contribution in [3.8, 4) is 6.07 Å². The van der Waals surface area contributed by atoms with Gasteiger partial charge in [-0.2, -0.15) is 10.4 Å². The third-order valence-electron chi connectivity index (χ3n) is 2.57. The van der Waals surface area contributed by atoms with Crippen molar-refractivity contribution < 1.29 is 8.78 Å². The second kappa shape index (κ2) is 5.06. The van der Waals surface area contributed by atoms with Crippen molar-refractivity contribution in [2.75, 3.05) is 5.32 Å². The fraction of sp³-hybridized carbons (Fsp3) is 0.231. The Labute approximate surface area is 109 Å². The topological polar surface area (TPSA) is 53.6 Å². The van der Waals surface area contributed by atoms with Crippen LogP contribution in [-0.2, 0) is 0 Å². The van der Waals surface area contributed by atoms with Crippen LogP contribution in [0.15, 0.2) is 24.5 Å². The lowest BCUT2D eigenvalue weighted by Crippen LogP contribution is -2.00. The van der Waals surface area contributed by atoms with E-state index < -0.39 is 11.6 Å². The second-order valence-corrected chi connectivity index (χ2v) is 4.35. The van der Waals surface area contributed by atoms with E-state index >= 15 is 0 Å². The first-order valence-corrected chi connectivity index (χ1v) is 5.71. The van der Waals surface area contributed by atoms with Gasteiger partial charge in [0.05, 0.1) is 23.5 Å². The molecule has 0 saturated heterocycles. The number of halogens is 2. The van der Waals surface area contributed by atoms with Crippen molar-refractivity contribution >= 4 is 11.4 Å². The van der Waals surface area contributed by atoms with E-state index in [0.717, 1.165) is 12.1 Å². The van der Waals surface area contributed by atoms with Gasteiger partial charge in [-0.25, -0.2) is 8.78 Å². The molecule has 0 radical (unpaired) electrons. The number of hydrogen-bond acceptors (Lipinski definition) is 3. The fourth-order valence-electron chi connectivity index (χ4n) is 1.59. The summed E-state index contributed by atoms with van der Waals surface area (Å²) in [6.45, 7) is 3.89. The largest absolute Gasteiger partial charge is 0.348 e. The number of nitriles is 1. The standard InChI is InChI=1S/C13H12F2N4/c1-8(2)19-7-10(6-17-19)18-13-11(14)3-9(5-16)4-12(13)15/h3-4,6-8,18H,1-2H3. The van der Waals surface area contributed by atoms with E-state index in [1.54, 1.807) is 16.9 Å². The number of nitrogens with zero attached hydrogens (tertiary/aromatic N) is 3. The highest BCUT2D eigenvalue weighted by atomic mass is 19.1. The van der Waals surface area contributed by atoms with E-state index in [9.17, 15) is 8.78 Å². The lowest BCUT2D eigenvalue weighted by molar-refractivity contribution is 0.532. The van der Waals surface area contributed by atoms with Crippen molar-refractivity contribution in [2.45, 2.75) is 19.9 Å². The van der Waals surface area contributed by atoms with Gasteiger partial charge in [-0.3, -0.25) is 4.68 Å². The van der Waals surface area contributed by atoms with Crippen molar-refractivity contribution in [1.29, 1.82) is 5.26 Å². The van der Waals surface area contributed by atoms with Gasteiger partial charge < -0.3 is 5.32 Å². The summed E-state index contributed by atoms with van der Waals surface area (Å²) in [5.74, 6) is -1.62. The van der Waals surface area contributed by atoms with E-state index in [1.807, 2.05) is 13.8 Å². The average molecular weight is 262 g/mol. The molecule has 2 aromatic rings. The maximum atomic E-state index is 13.7. The molecule has 1 aromatic heterocycles. The van der Waals surface area contributed by atoms with E-state index in [1.165, 1.54) is 6.20 Å². The third-order valence-corrected chi connectivity index (χ3v) is 2.57. The average Bonchev–Trinajstić information content (AvgIpc) is 2.82. The van der Waals surface area contributed by atoms with Gasteiger partial charge in [-0.15, -0.1) is 0 Å². The molecule has 19 heavy (non-hydrogen) atoms. The highest BCUT2D eigenvalue weighted by molar-refractivity contribution is 5.60.